The number of nitrogens with zero attached hydrogens (tertiary/aromatic N) is 1. The van der Waals surface area contributed by atoms with Crippen LogP contribution in [0.2, 0.25) is 10.0 Å². The predicted molar refractivity (Wildman–Crippen MR) is 79.3 cm³/mol. The molecule has 2 aromatic carbocycles. The average molecular weight is 359 g/mol. The van der Waals surface area contributed by atoms with E-state index in [9.17, 15) is 10.1 Å². The van der Waals surface area contributed by atoms with Crippen molar-refractivity contribution in [1.82, 2.24) is 0 Å². The highest BCUT2D eigenvalue weighted by molar-refractivity contribution is 9.09. The molecule has 0 unspecified atom stereocenters. The van der Waals surface area contributed by atoms with E-state index in [4.69, 9.17) is 23.2 Å². The van der Waals surface area contributed by atoms with Crippen LogP contribution in [0.3, 0.4) is 0 Å². The number of fused-ring (bicyclic) bond motifs is 3. The second kappa shape index (κ2) is 4.47. The molecule has 6 heteroatoms. The first kappa shape index (κ1) is 12.9. The first-order chi connectivity index (χ1) is 8.99. The Morgan fingerprint density at radius 1 is 1.11 bits per heavy atom. The quantitative estimate of drug-likeness (QED) is 0.391. The molecular formula is C13H6BrCl2NO2. The molecule has 0 aliphatic heterocycles. The number of hydrogen-bond acceptors (Lipinski definition) is 2. The minimum Gasteiger partial charge on any atom is -0.258 e. The van der Waals surface area contributed by atoms with E-state index in [0.717, 1.165) is 16.7 Å². The van der Waals surface area contributed by atoms with E-state index >= 15 is 0 Å². The smallest absolute Gasteiger partial charge is 0.258 e. The molecule has 96 valence electrons. The van der Waals surface area contributed by atoms with Crippen LogP contribution < -0.4 is 0 Å². The summed E-state index contributed by atoms with van der Waals surface area (Å²) in [5.74, 6) is 0. The second-order valence-corrected chi connectivity index (χ2v) is 6.03. The summed E-state index contributed by atoms with van der Waals surface area (Å²) < 4.78 is 0. The minimum absolute atomic E-state index is 0.0213. The standard InChI is InChI=1S/C13H6BrCl2NO2/c14-13-9-3-6(15)1-2-8(9)12-10(13)4-7(16)5-11(12)17(18)19/h1-5,13H/t13-/m0/s1. The van der Waals surface area contributed by atoms with Crippen molar-refractivity contribution in [2.45, 2.75) is 4.83 Å². The van der Waals surface area contributed by atoms with Crippen LogP contribution >= 0.6 is 39.1 Å². The Morgan fingerprint density at radius 3 is 2.47 bits per heavy atom. The van der Waals surface area contributed by atoms with Gasteiger partial charge in [0.2, 0.25) is 0 Å². The van der Waals surface area contributed by atoms with Crippen LogP contribution in [0.15, 0.2) is 30.3 Å². The van der Waals surface area contributed by atoms with Gasteiger partial charge in [0.1, 0.15) is 0 Å². The molecule has 3 nitrogen and oxygen atoms in total. The average Bonchev–Trinajstić information content (AvgIpc) is 2.62. The van der Waals surface area contributed by atoms with Crippen molar-refractivity contribution in [2.75, 3.05) is 0 Å². The van der Waals surface area contributed by atoms with Crippen LogP contribution in [-0.2, 0) is 0 Å². The van der Waals surface area contributed by atoms with E-state index in [1.165, 1.54) is 6.07 Å². The maximum absolute atomic E-state index is 11.2. The first-order valence-electron chi connectivity index (χ1n) is 5.41. The molecule has 1 atom stereocenters. The Labute approximate surface area is 127 Å². The largest absolute Gasteiger partial charge is 0.279 e. The normalized spacial score (nSPS) is 16.1. The number of nitro benzene ring substituents is 1. The lowest BCUT2D eigenvalue weighted by Crippen LogP contribution is -1.93. The van der Waals surface area contributed by atoms with Crippen LogP contribution in [0.1, 0.15) is 16.0 Å². The molecule has 0 saturated carbocycles. The van der Waals surface area contributed by atoms with E-state index in [0.29, 0.717) is 15.6 Å². The lowest BCUT2D eigenvalue weighted by Gasteiger charge is -2.05. The minimum atomic E-state index is -0.409. The van der Waals surface area contributed by atoms with Gasteiger partial charge in [0.15, 0.2) is 0 Å². The molecular weight excluding hydrogens is 353 g/mol. The highest BCUT2D eigenvalue weighted by Gasteiger charge is 2.33. The summed E-state index contributed by atoms with van der Waals surface area (Å²) in [6.07, 6.45) is 0. The Bertz CT molecular complexity index is 718. The topological polar surface area (TPSA) is 43.1 Å². The molecule has 0 saturated heterocycles. The molecule has 0 heterocycles. The van der Waals surface area contributed by atoms with Gasteiger partial charge in [-0.2, -0.15) is 0 Å². The van der Waals surface area contributed by atoms with Crippen LogP contribution in [0, 0.1) is 10.1 Å². The van der Waals surface area contributed by atoms with Gasteiger partial charge in [-0.3, -0.25) is 10.1 Å². The van der Waals surface area contributed by atoms with E-state index in [2.05, 4.69) is 15.9 Å². The molecule has 0 amide bonds. The van der Waals surface area contributed by atoms with Gasteiger partial charge >= 0.3 is 0 Å². The lowest BCUT2D eigenvalue weighted by molar-refractivity contribution is -0.384. The van der Waals surface area contributed by atoms with Gasteiger partial charge in [0.25, 0.3) is 5.69 Å². The second-order valence-electron chi connectivity index (χ2n) is 4.24. The Morgan fingerprint density at radius 2 is 1.79 bits per heavy atom. The van der Waals surface area contributed by atoms with Crippen LogP contribution in [-0.4, -0.2) is 4.92 Å². The summed E-state index contributed by atoms with van der Waals surface area (Å²) in [5.41, 5.74) is 3.19. The molecule has 0 N–H and O–H groups in total. The van der Waals surface area contributed by atoms with Gasteiger partial charge in [-0.25, -0.2) is 0 Å². The number of nitro groups is 1. The van der Waals surface area contributed by atoms with Crippen molar-refractivity contribution < 1.29 is 4.92 Å². The van der Waals surface area contributed by atoms with Crippen LogP contribution in [0.4, 0.5) is 5.69 Å². The number of hydrogen-bond donors (Lipinski definition) is 0. The van der Waals surface area contributed by atoms with Crippen molar-refractivity contribution >= 4 is 44.8 Å². The van der Waals surface area contributed by atoms with E-state index in [1.54, 1.807) is 18.2 Å². The fraction of sp³-hybridized carbons (Fsp3) is 0.0769. The highest BCUT2D eigenvalue weighted by atomic mass is 79.9. The molecule has 19 heavy (non-hydrogen) atoms. The van der Waals surface area contributed by atoms with Crippen molar-refractivity contribution in [3.63, 3.8) is 0 Å². The lowest BCUT2D eigenvalue weighted by atomic mass is 10.0. The number of alkyl halides is 1. The molecule has 2 aromatic rings. The number of halogens is 3. The number of benzene rings is 2. The zero-order chi connectivity index (χ0) is 13.7. The summed E-state index contributed by atoms with van der Waals surface area (Å²) in [6, 6.07) is 8.47. The van der Waals surface area contributed by atoms with Gasteiger partial charge in [-0.1, -0.05) is 45.2 Å². The maximum Gasteiger partial charge on any atom is 0.279 e. The molecule has 1 aliphatic rings. The third kappa shape index (κ3) is 1.95. The van der Waals surface area contributed by atoms with Gasteiger partial charge in [-0.15, -0.1) is 0 Å². The molecule has 0 radical (unpaired) electrons. The van der Waals surface area contributed by atoms with E-state index in [-0.39, 0.29) is 10.5 Å². The monoisotopic (exact) mass is 357 g/mol. The van der Waals surface area contributed by atoms with Gasteiger partial charge in [0.05, 0.1) is 15.3 Å². The van der Waals surface area contributed by atoms with Crippen molar-refractivity contribution in [1.29, 1.82) is 0 Å². The summed E-state index contributed by atoms with van der Waals surface area (Å²) in [4.78, 5) is 10.7. The molecule has 0 spiro atoms. The molecule has 0 fully saturated rings. The van der Waals surface area contributed by atoms with Gasteiger partial charge in [0, 0.05) is 16.1 Å². The van der Waals surface area contributed by atoms with E-state index < -0.39 is 4.92 Å². The number of rotatable bonds is 1. The summed E-state index contributed by atoms with van der Waals surface area (Å²) in [6.45, 7) is 0. The molecule has 3 rings (SSSR count). The molecule has 0 bridgehead atoms. The fourth-order valence-electron chi connectivity index (χ4n) is 2.39. The fourth-order valence-corrected chi connectivity index (χ4v) is 3.53. The Balaban J connectivity index is 2.38. The zero-order valence-corrected chi connectivity index (χ0v) is 12.5. The third-order valence-electron chi connectivity index (χ3n) is 3.14. The molecule has 1 aliphatic carbocycles. The summed E-state index contributed by atoms with van der Waals surface area (Å²) in [5, 5.41) is 12.2. The van der Waals surface area contributed by atoms with Crippen molar-refractivity contribution in [3.8, 4) is 11.1 Å². The highest BCUT2D eigenvalue weighted by Crippen LogP contribution is 2.52. The Hall–Kier alpha value is -1.10. The van der Waals surface area contributed by atoms with Gasteiger partial charge < -0.3 is 0 Å². The van der Waals surface area contributed by atoms with Crippen molar-refractivity contribution in [3.05, 3.63) is 61.6 Å². The Kier molecular flexibility index (Phi) is 3.04. The summed E-state index contributed by atoms with van der Waals surface area (Å²) >= 11 is 15.5. The first-order valence-corrected chi connectivity index (χ1v) is 7.08. The van der Waals surface area contributed by atoms with Crippen molar-refractivity contribution in [2.24, 2.45) is 0 Å². The predicted octanol–water partition coefficient (Wildman–Crippen LogP) is 5.37. The SMILES string of the molecule is O=[N+]([O-])c1cc(Cl)cc2c1-c1ccc(Cl)cc1[C@@H]2Br. The van der Waals surface area contributed by atoms with E-state index in [1.807, 2.05) is 6.07 Å². The van der Waals surface area contributed by atoms with Gasteiger partial charge in [-0.05, 0) is 34.9 Å². The third-order valence-corrected chi connectivity index (χ3v) is 4.58. The summed E-state index contributed by atoms with van der Waals surface area (Å²) in [7, 11) is 0. The van der Waals surface area contributed by atoms with Crippen LogP contribution in [0.25, 0.3) is 11.1 Å². The maximum atomic E-state index is 11.2. The zero-order valence-electron chi connectivity index (χ0n) is 9.36. The molecule has 0 aromatic heterocycles. The van der Waals surface area contributed by atoms with Crippen LogP contribution in [0.5, 0.6) is 0 Å².